The minimum atomic E-state index is 0.0398. The van der Waals surface area contributed by atoms with Crippen LogP contribution in [-0.4, -0.2) is 44.2 Å². The number of likely N-dealkylation sites (tertiary alicyclic amines) is 1. The highest BCUT2D eigenvalue weighted by atomic mass is 32.2. The van der Waals surface area contributed by atoms with Gasteiger partial charge in [-0.25, -0.2) is 0 Å². The first-order valence-corrected chi connectivity index (χ1v) is 10.8. The van der Waals surface area contributed by atoms with Gasteiger partial charge >= 0.3 is 0 Å². The zero-order valence-corrected chi connectivity index (χ0v) is 17.4. The highest BCUT2D eigenvalue weighted by molar-refractivity contribution is 8.26. The first-order chi connectivity index (χ1) is 12.9. The van der Waals surface area contributed by atoms with Crippen LogP contribution in [0.3, 0.4) is 0 Å². The maximum atomic E-state index is 12.8. The molecule has 1 aromatic heterocycles. The molecule has 0 radical (unpaired) electrons. The molecule has 144 valence electrons. The van der Waals surface area contributed by atoms with Crippen molar-refractivity contribution in [2.24, 2.45) is 11.8 Å². The Hall–Kier alpha value is -1.60. The Kier molecular flexibility index (Phi) is 5.16. The van der Waals surface area contributed by atoms with Gasteiger partial charge in [0, 0.05) is 50.1 Å². The molecule has 0 aromatic carbocycles. The molecule has 0 aliphatic carbocycles. The van der Waals surface area contributed by atoms with Crippen LogP contribution in [0.1, 0.15) is 38.3 Å². The quantitative estimate of drug-likeness (QED) is 0.571. The van der Waals surface area contributed by atoms with Crippen molar-refractivity contribution in [2.75, 3.05) is 19.6 Å². The van der Waals surface area contributed by atoms with Crippen molar-refractivity contribution in [3.8, 4) is 0 Å². The van der Waals surface area contributed by atoms with E-state index in [1.54, 1.807) is 11.0 Å². The molecule has 0 spiro atoms. The molecule has 4 heterocycles. The van der Waals surface area contributed by atoms with Gasteiger partial charge in [-0.05, 0) is 30.7 Å². The van der Waals surface area contributed by atoms with Gasteiger partial charge in [-0.3, -0.25) is 14.5 Å². The van der Waals surface area contributed by atoms with Crippen molar-refractivity contribution in [3.63, 3.8) is 0 Å². The molecule has 27 heavy (non-hydrogen) atoms. The molecular weight excluding hydrogens is 378 g/mol. The summed E-state index contributed by atoms with van der Waals surface area (Å²) < 4.78 is 2.60. The lowest BCUT2D eigenvalue weighted by molar-refractivity contribution is -0.122. The fourth-order valence-electron chi connectivity index (χ4n) is 4.28. The van der Waals surface area contributed by atoms with Crippen LogP contribution < -0.4 is 5.56 Å². The molecule has 3 aliphatic rings. The number of hydrogen-bond donors (Lipinski definition) is 0. The maximum absolute atomic E-state index is 12.8. The molecule has 0 N–H and O–H groups in total. The summed E-state index contributed by atoms with van der Waals surface area (Å²) in [7, 11) is 0. The van der Waals surface area contributed by atoms with Crippen molar-refractivity contribution >= 4 is 34.2 Å². The van der Waals surface area contributed by atoms with E-state index in [0.29, 0.717) is 28.6 Å². The molecule has 2 atom stereocenters. The third kappa shape index (κ3) is 3.72. The Balaban J connectivity index is 1.50. The molecule has 7 heteroatoms. The highest BCUT2D eigenvalue weighted by Crippen LogP contribution is 2.37. The first-order valence-electron chi connectivity index (χ1n) is 9.61. The number of aromatic nitrogens is 1. The van der Waals surface area contributed by atoms with Crippen LogP contribution in [-0.2, 0) is 11.3 Å². The third-order valence-corrected chi connectivity index (χ3v) is 6.98. The summed E-state index contributed by atoms with van der Waals surface area (Å²) in [6, 6.07) is 5.56. The summed E-state index contributed by atoms with van der Waals surface area (Å²) in [5.41, 5.74) is 1.23. The first kappa shape index (κ1) is 18.7. The summed E-state index contributed by atoms with van der Waals surface area (Å²) in [4.78, 5) is 29.6. The standard InChI is InChI=1S/C20H25N3O2S2/c1-13(2)6-7-22-19(25)17(27-20(22)26)12-21-9-14-8-15(11-21)16-4-3-5-18(24)23(16)10-14/h3-5,12-15H,6-11H2,1-2H3/b17-12-/t14-,15+/m0/s1. The van der Waals surface area contributed by atoms with E-state index < -0.39 is 0 Å². The van der Waals surface area contributed by atoms with Crippen LogP contribution in [0.15, 0.2) is 34.1 Å². The number of thioether (sulfide) groups is 1. The molecule has 0 unspecified atom stereocenters. The van der Waals surface area contributed by atoms with E-state index in [-0.39, 0.29) is 11.5 Å². The highest BCUT2D eigenvalue weighted by Gasteiger charge is 2.36. The largest absolute Gasteiger partial charge is 0.375 e. The lowest BCUT2D eigenvalue weighted by atomic mass is 9.83. The van der Waals surface area contributed by atoms with Crippen LogP contribution in [0.25, 0.3) is 0 Å². The Morgan fingerprint density at radius 1 is 1.26 bits per heavy atom. The minimum Gasteiger partial charge on any atom is -0.375 e. The molecule has 2 saturated heterocycles. The average molecular weight is 404 g/mol. The van der Waals surface area contributed by atoms with Crippen molar-refractivity contribution in [1.82, 2.24) is 14.4 Å². The van der Waals surface area contributed by atoms with Crippen LogP contribution in [0.5, 0.6) is 0 Å². The Morgan fingerprint density at radius 2 is 2.07 bits per heavy atom. The molecule has 0 saturated carbocycles. The fraction of sp³-hybridized carbons (Fsp3) is 0.550. The van der Waals surface area contributed by atoms with Crippen LogP contribution in [0, 0.1) is 11.8 Å². The smallest absolute Gasteiger partial charge is 0.267 e. The van der Waals surface area contributed by atoms with E-state index in [4.69, 9.17) is 12.2 Å². The van der Waals surface area contributed by atoms with Gasteiger partial charge in [0.2, 0.25) is 0 Å². The van der Waals surface area contributed by atoms with E-state index in [0.717, 1.165) is 43.1 Å². The number of hydrogen-bond acceptors (Lipinski definition) is 5. The number of nitrogens with zero attached hydrogens (tertiary/aromatic N) is 3. The van der Waals surface area contributed by atoms with Gasteiger partial charge in [-0.1, -0.05) is 43.9 Å². The Morgan fingerprint density at radius 3 is 2.85 bits per heavy atom. The zero-order valence-electron chi connectivity index (χ0n) is 15.8. The number of thiocarbonyl (C=S) groups is 1. The summed E-state index contributed by atoms with van der Waals surface area (Å²) in [5, 5.41) is 0. The zero-order chi connectivity index (χ0) is 19.1. The number of fused-ring (bicyclic) bond motifs is 4. The van der Waals surface area contributed by atoms with Crippen molar-refractivity contribution in [1.29, 1.82) is 0 Å². The van der Waals surface area contributed by atoms with Crippen LogP contribution in [0.4, 0.5) is 0 Å². The predicted molar refractivity (Wildman–Crippen MR) is 113 cm³/mol. The topological polar surface area (TPSA) is 45.6 Å². The van der Waals surface area contributed by atoms with Gasteiger partial charge in [-0.15, -0.1) is 0 Å². The minimum absolute atomic E-state index is 0.0398. The number of piperidine rings is 1. The second-order valence-corrected chi connectivity index (χ2v) is 9.83. The fourth-order valence-corrected chi connectivity index (χ4v) is 5.59. The Bertz CT molecular complexity index is 861. The predicted octanol–water partition coefficient (Wildman–Crippen LogP) is 3.02. The van der Waals surface area contributed by atoms with Gasteiger partial charge in [0.1, 0.15) is 4.32 Å². The normalized spacial score (nSPS) is 26.3. The lowest BCUT2D eigenvalue weighted by Gasteiger charge is -2.42. The number of carbonyl (C=O) groups excluding carboxylic acids is 1. The molecule has 1 amide bonds. The number of rotatable bonds is 4. The average Bonchev–Trinajstić information content (AvgIpc) is 2.87. The molecule has 4 rings (SSSR count). The maximum Gasteiger partial charge on any atom is 0.267 e. The number of carbonyl (C=O) groups is 1. The van der Waals surface area contributed by atoms with Gasteiger partial charge in [0.25, 0.3) is 11.5 Å². The second-order valence-electron chi connectivity index (χ2n) is 8.15. The van der Waals surface area contributed by atoms with Crippen LogP contribution >= 0.6 is 24.0 Å². The van der Waals surface area contributed by atoms with E-state index >= 15 is 0 Å². The number of pyridine rings is 1. The molecule has 2 bridgehead atoms. The second kappa shape index (κ2) is 7.43. The molecule has 3 aliphatic heterocycles. The van der Waals surface area contributed by atoms with Crippen molar-refractivity contribution in [2.45, 2.75) is 39.2 Å². The van der Waals surface area contributed by atoms with Crippen molar-refractivity contribution < 1.29 is 4.79 Å². The van der Waals surface area contributed by atoms with Gasteiger partial charge in [0.05, 0.1) is 4.91 Å². The lowest BCUT2D eigenvalue weighted by Crippen LogP contribution is -2.45. The third-order valence-electron chi connectivity index (χ3n) is 5.61. The van der Waals surface area contributed by atoms with Crippen LogP contribution in [0.2, 0.25) is 0 Å². The van der Waals surface area contributed by atoms with E-state index in [1.165, 1.54) is 11.8 Å². The molecular formula is C20H25N3O2S2. The number of amides is 1. The molecule has 1 aromatic rings. The summed E-state index contributed by atoms with van der Waals surface area (Å²) in [5.74, 6) is 1.37. The summed E-state index contributed by atoms with van der Waals surface area (Å²) in [6.45, 7) is 7.50. The summed E-state index contributed by atoms with van der Waals surface area (Å²) >= 11 is 6.85. The Labute approximate surface area is 169 Å². The SMILES string of the molecule is CC(C)CCN1C(=O)/C(=C/N2C[C@@H]3C[C@H](C2)c2cccc(=O)n2C3)SC1=S. The molecule has 5 nitrogen and oxygen atoms in total. The van der Waals surface area contributed by atoms with E-state index in [1.807, 2.05) is 16.8 Å². The summed E-state index contributed by atoms with van der Waals surface area (Å²) in [6.07, 6.45) is 4.08. The van der Waals surface area contributed by atoms with Gasteiger partial charge < -0.3 is 9.47 Å². The van der Waals surface area contributed by atoms with E-state index in [9.17, 15) is 9.59 Å². The monoisotopic (exact) mass is 403 g/mol. The van der Waals surface area contributed by atoms with Crippen molar-refractivity contribution in [3.05, 3.63) is 45.4 Å². The van der Waals surface area contributed by atoms with Gasteiger partial charge in [0.15, 0.2) is 0 Å². The van der Waals surface area contributed by atoms with E-state index in [2.05, 4.69) is 24.8 Å². The molecule has 2 fully saturated rings. The van der Waals surface area contributed by atoms with Gasteiger partial charge in [-0.2, -0.15) is 0 Å².